The summed E-state index contributed by atoms with van der Waals surface area (Å²) >= 11 is 0. The molecular weight excluding hydrogens is 206 g/mol. The van der Waals surface area contributed by atoms with Crippen LogP contribution in [-0.2, 0) is 9.22 Å². The third-order valence-corrected chi connectivity index (χ3v) is 7.89. The highest BCUT2D eigenvalue weighted by atomic mass is 28.4. The summed E-state index contributed by atoms with van der Waals surface area (Å²) in [5.74, 6) is 0.0406. The summed E-state index contributed by atoms with van der Waals surface area (Å²) in [6, 6.07) is 0.187. The van der Waals surface area contributed by atoms with Crippen molar-refractivity contribution in [2.75, 3.05) is 6.61 Å². The molecule has 0 bridgehead atoms. The first-order chi connectivity index (χ1) is 6.72. The molecule has 1 amide bonds. The number of hydrogen-bond donors (Lipinski definition) is 1. The van der Waals surface area contributed by atoms with Crippen molar-refractivity contribution in [1.82, 2.24) is 5.32 Å². The predicted octanol–water partition coefficient (Wildman–Crippen LogP) is 2.10. The Bertz CT molecular complexity index is 245. The summed E-state index contributed by atoms with van der Waals surface area (Å²) in [7, 11) is -1.66. The Hall–Kier alpha value is -0.483. The van der Waals surface area contributed by atoms with Crippen molar-refractivity contribution >= 4 is 14.2 Å². The smallest absolute Gasteiger partial charge is 0.402 e. The molecule has 0 aromatic carbocycles. The van der Waals surface area contributed by atoms with Gasteiger partial charge in [0.25, 0.3) is 0 Å². The van der Waals surface area contributed by atoms with E-state index in [1.807, 2.05) is 0 Å². The minimum atomic E-state index is -1.66. The molecule has 0 saturated carbocycles. The molecule has 1 aliphatic heterocycles. The van der Waals surface area contributed by atoms with Gasteiger partial charge in [-0.1, -0.05) is 20.8 Å². The molecule has 86 valence electrons. The number of carbonyl (C=O) groups excluding carboxylic acids is 1. The van der Waals surface area contributed by atoms with Crippen LogP contribution in [0.3, 0.4) is 0 Å². The Labute approximate surface area is 93.7 Å². The topological polar surface area (TPSA) is 38.3 Å². The van der Waals surface area contributed by atoms with Crippen molar-refractivity contribution in [1.29, 1.82) is 0 Å². The van der Waals surface area contributed by atoms with Gasteiger partial charge in [0, 0.05) is 0 Å². The van der Waals surface area contributed by atoms with Crippen LogP contribution in [0.4, 0.5) is 0 Å². The lowest BCUT2D eigenvalue weighted by Gasteiger charge is -2.36. The molecule has 4 heteroatoms. The van der Waals surface area contributed by atoms with Crippen molar-refractivity contribution in [3.63, 3.8) is 0 Å². The fourth-order valence-corrected chi connectivity index (χ4v) is 2.25. The van der Waals surface area contributed by atoms with Gasteiger partial charge in [0.2, 0.25) is 0 Å². The largest absolute Gasteiger partial charge is 0.415 e. The molecular formula is C11H22NO2Si+. The zero-order valence-corrected chi connectivity index (χ0v) is 11.4. The van der Waals surface area contributed by atoms with Crippen LogP contribution in [0.1, 0.15) is 27.2 Å². The Morgan fingerprint density at radius 2 is 2.13 bits per heavy atom. The Balaban J connectivity index is 2.40. The number of hydrogen-bond acceptors (Lipinski definition) is 2. The van der Waals surface area contributed by atoms with Gasteiger partial charge in [-0.05, 0) is 18.1 Å². The maximum atomic E-state index is 11.0. The zero-order chi connectivity index (χ0) is 11.7. The molecule has 0 spiro atoms. The van der Waals surface area contributed by atoms with Crippen molar-refractivity contribution < 1.29 is 9.22 Å². The van der Waals surface area contributed by atoms with Crippen LogP contribution in [0.15, 0.2) is 0 Å². The standard InChI is InChI=1S/C11H21NO2Si/c1-11(2,3)15(4,5)14-8-9-6-7-10(13)12-9/h7,9H,6,8H2,1-5H3/p+1/t9-/m0/s1. The highest BCUT2D eigenvalue weighted by Crippen LogP contribution is 2.36. The second kappa shape index (κ2) is 4.18. The molecule has 0 unspecified atom stereocenters. The molecule has 1 aliphatic rings. The van der Waals surface area contributed by atoms with E-state index < -0.39 is 8.32 Å². The molecule has 3 nitrogen and oxygen atoms in total. The van der Waals surface area contributed by atoms with Gasteiger partial charge in [-0.3, -0.25) is 0 Å². The van der Waals surface area contributed by atoms with E-state index in [0.29, 0.717) is 6.61 Å². The lowest BCUT2D eigenvalue weighted by Crippen LogP contribution is -2.44. The maximum Gasteiger partial charge on any atom is 0.402 e. The average Bonchev–Trinajstić information content (AvgIpc) is 2.46. The molecule has 1 rings (SSSR count). The van der Waals surface area contributed by atoms with E-state index in [-0.39, 0.29) is 17.0 Å². The minimum absolute atomic E-state index is 0.0406. The highest BCUT2D eigenvalue weighted by Gasteiger charge is 2.39. The zero-order valence-electron chi connectivity index (χ0n) is 10.4. The van der Waals surface area contributed by atoms with Crippen molar-refractivity contribution in [2.45, 2.75) is 51.4 Å². The second-order valence-electron chi connectivity index (χ2n) is 5.72. The third kappa shape index (κ3) is 3.24. The molecule has 0 aromatic heterocycles. The molecule has 1 saturated heterocycles. The van der Waals surface area contributed by atoms with E-state index in [1.54, 1.807) is 6.42 Å². The predicted molar refractivity (Wildman–Crippen MR) is 64.0 cm³/mol. The summed E-state index contributed by atoms with van der Waals surface area (Å²) in [6.45, 7) is 11.8. The first-order valence-corrected chi connectivity index (χ1v) is 8.41. The normalized spacial score (nSPS) is 22.5. The monoisotopic (exact) mass is 228 g/mol. The molecule has 1 N–H and O–H groups in total. The van der Waals surface area contributed by atoms with Gasteiger partial charge < -0.3 is 9.74 Å². The van der Waals surface area contributed by atoms with Crippen molar-refractivity contribution in [2.24, 2.45) is 0 Å². The average molecular weight is 228 g/mol. The lowest BCUT2D eigenvalue weighted by molar-refractivity contribution is -0.116. The summed E-state index contributed by atoms with van der Waals surface area (Å²) in [5.41, 5.74) is 0. The SMILES string of the molecule is CC(C)(C)[Si](C)(C)OC[C@@H]1C[CH+]C(=O)N1. The Morgan fingerprint density at radius 1 is 1.53 bits per heavy atom. The minimum Gasteiger partial charge on any atom is -0.415 e. The number of nitrogens with one attached hydrogen (secondary N) is 1. The van der Waals surface area contributed by atoms with Crippen LogP contribution in [0.25, 0.3) is 0 Å². The fourth-order valence-electron chi connectivity index (χ4n) is 1.20. The molecule has 0 aromatic rings. The highest BCUT2D eigenvalue weighted by molar-refractivity contribution is 6.74. The molecule has 1 fully saturated rings. The van der Waals surface area contributed by atoms with Gasteiger partial charge >= 0.3 is 5.91 Å². The van der Waals surface area contributed by atoms with Gasteiger partial charge in [-0.2, -0.15) is 0 Å². The quantitative estimate of drug-likeness (QED) is 0.593. The van der Waals surface area contributed by atoms with Crippen LogP contribution in [0.5, 0.6) is 0 Å². The number of carbonyl (C=O) groups is 1. The van der Waals surface area contributed by atoms with Gasteiger partial charge in [0.15, 0.2) is 14.7 Å². The van der Waals surface area contributed by atoms with Crippen LogP contribution >= 0.6 is 0 Å². The molecule has 0 aliphatic carbocycles. The molecule has 1 atom stereocenters. The van der Waals surface area contributed by atoms with Gasteiger partial charge in [0.05, 0.1) is 12.6 Å². The van der Waals surface area contributed by atoms with Gasteiger partial charge in [0.1, 0.15) is 6.42 Å². The van der Waals surface area contributed by atoms with Crippen molar-refractivity contribution in [3.8, 4) is 0 Å². The van der Waals surface area contributed by atoms with Crippen molar-refractivity contribution in [3.05, 3.63) is 6.42 Å². The first-order valence-electron chi connectivity index (χ1n) is 5.50. The first kappa shape index (κ1) is 12.6. The fraction of sp³-hybridized carbons (Fsp3) is 0.818. The van der Waals surface area contributed by atoms with E-state index in [4.69, 9.17) is 4.43 Å². The van der Waals surface area contributed by atoms with Crippen LogP contribution in [0.2, 0.25) is 18.1 Å². The molecule has 15 heavy (non-hydrogen) atoms. The van der Waals surface area contributed by atoms with E-state index in [2.05, 4.69) is 39.2 Å². The maximum absolute atomic E-state index is 11.0. The van der Waals surface area contributed by atoms with E-state index >= 15 is 0 Å². The Morgan fingerprint density at radius 3 is 2.53 bits per heavy atom. The third-order valence-electron chi connectivity index (χ3n) is 3.39. The van der Waals surface area contributed by atoms with Crippen LogP contribution in [-0.4, -0.2) is 26.9 Å². The number of amides is 1. The summed E-state index contributed by atoms with van der Waals surface area (Å²) < 4.78 is 6.03. The van der Waals surface area contributed by atoms with Gasteiger partial charge in [-0.15, -0.1) is 0 Å². The van der Waals surface area contributed by atoms with E-state index in [0.717, 1.165) is 6.42 Å². The lowest BCUT2D eigenvalue weighted by atomic mass is 10.2. The van der Waals surface area contributed by atoms with E-state index in [9.17, 15) is 4.79 Å². The molecule has 1 heterocycles. The van der Waals surface area contributed by atoms with Crippen LogP contribution in [0, 0.1) is 6.42 Å². The second-order valence-corrected chi connectivity index (χ2v) is 10.5. The summed E-state index contributed by atoms with van der Waals surface area (Å²) in [4.78, 5) is 11.0. The Kier molecular flexibility index (Phi) is 3.50. The molecule has 0 radical (unpaired) electrons. The number of rotatable bonds is 3. The van der Waals surface area contributed by atoms with Gasteiger partial charge in [-0.25, -0.2) is 4.79 Å². The van der Waals surface area contributed by atoms with Crippen LogP contribution < -0.4 is 5.32 Å². The summed E-state index contributed by atoms with van der Waals surface area (Å²) in [5, 5.41) is 3.12. The summed E-state index contributed by atoms with van der Waals surface area (Å²) in [6.07, 6.45) is 2.49. The van der Waals surface area contributed by atoms with E-state index in [1.165, 1.54) is 0 Å².